The van der Waals surface area contributed by atoms with Crippen molar-refractivity contribution in [2.24, 2.45) is 0 Å². The first kappa shape index (κ1) is 19.6. The standard InChI is InChI=1S/C23H19FN2OS2/c1-15-11-16(2)13-18(12-15)26(23-25-20-5-3-4-6-21(20)29-23)22(27)14-28-19-9-7-17(24)8-10-19/h3-13H,14H2,1-2H3. The highest BCUT2D eigenvalue weighted by Crippen LogP contribution is 2.35. The summed E-state index contributed by atoms with van der Waals surface area (Å²) in [6, 6.07) is 20.1. The molecule has 0 aliphatic rings. The highest BCUT2D eigenvalue weighted by Gasteiger charge is 2.22. The molecule has 0 unspecified atom stereocenters. The number of thioether (sulfide) groups is 1. The second kappa shape index (κ2) is 8.35. The van der Waals surface area contributed by atoms with E-state index >= 15 is 0 Å². The molecule has 0 fully saturated rings. The molecule has 1 amide bonds. The summed E-state index contributed by atoms with van der Waals surface area (Å²) in [5.41, 5.74) is 3.86. The number of aromatic nitrogens is 1. The Kier molecular flexibility index (Phi) is 5.65. The largest absolute Gasteiger partial charge is 0.273 e. The number of thiazole rings is 1. The number of hydrogen-bond donors (Lipinski definition) is 0. The van der Waals surface area contributed by atoms with Crippen LogP contribution >= 0.6 is 23.1 Å². The molecule has 1 heterocycles. The predicted molar refractivity (Wildman–Crippen MR) is 120 cm³/mol. The van der Waals surface area contributed by atoms with Crippen LogP contribution in [0, 0.1) is 19.7 Å². The van der Waals surface area contributed by atoms with E-state index in [9.17, 15) is 9.18 Å². The molecule has 0 saturated heterocycles. The van der Waals surface area contributed by atoms with Crippen LogP contribution in [0.1, 0.15) is 11.1 Å². The van der Waals surface area contributed by atoms with E-state index in [1.54, 1.807) is 17.0 Å². The maximum Gasteiger partial charge on any atom is 0.243 e. The molecule has 0 atom stereocenters. The van der Waals surface area contributed by atoms with Gasteiger partial charge in [-0.05, 0) is 73.5 Å². The van der Waals surface area contributed by atoms with Gasteiger partial charge in [0.05, 0.1) is 21.7 Å². The number of halogens is 1. The van der Waals surface area contributed by atoms with E-state index < -0.39 is 0 Å². The Morgan fingerprint density at radius 1 is 1.03 bits per heavy atom. The first-order valence-electron chi connectivity index (χ1n) is 9.15. The van der Waals surface area contributed by atoms with Crippen LogP contribution in [-0.2, 0) is 4.79 Å². The van der Waals surface area contributed by atoms with Crippen LogP contribution < -0.4 is 4.90 Å². The van der Waals surface area contributed by atoms with Crippen LogP contribution in [0.15, 0.2) is 71.6 Å². The summed E-state index contributed by atoms with van der Waals surface area (Å²) in [7, 11) is 0. The van der Waals surface area contributed by atoms with Gasteiger partial charge in [-0.15, -0.1) is 11.8 Å². The third-order valence-electron chi connectivity index (χ3n) is 4.36. The second-order valence-corrected chi connectivity index (χ2v) is 8.84. The number of carbonyl (C=O) groups is 1. The molecular weight excluding hydrogens is 403 g/mol. The van der Waals surface area contributed by atoms with E-state index in [0.29, 0.717) is 5.13 Å². The van der Waals surface area contributed by atoms with Crippen LogP contribution in [0.4, 0.5) is 15.2 Å². The molecule has 3 aromatic carbocycles. The summed E-state index contributed by atoms with van der Waals surface area (Å²) in [4.78, 5) is 20.5. The summed E-state index contributed by atoms with van der Waals surface area (Å²) in [6.07, 6.45) is 0. The van der Waals surface area contributed by atoms with E-state index in [0.717, 1.165) is 31.9 Å². The van der Waals surface area contributed by atoms with Crippen LogP contribution in [0.5, 0.6) is 0 Å². The number of para-hydroxylation sites is 1. The Labute approximate surface area is 177 Å². The predicted octanol–water partition coefficient (Wildman–Crippen LogP) is 6.51. The van der Waals surface area contributed by atoms with Crippen LogP contribution in [0.3, 0.4) is 0 Å². The number of hydrogen-bond acceptors (Lipinski definition) is 4. The molecule has 1 aromatic heterocycles. The van der Waals surface area contributed by atoms with Crippen molar-refractivity contribution in [3.8, 4) is 0 Å². The molecule has 6 heteroatoms. The molecule has 0 aliphatic carbocycles. The lowest BCUT2D eigenvalue weighted by atomic mass is 10.1. The van der Waals surface area contributed by atoms with Crippen LogP contribution in [0.2, 0.25) is 0 Å². The molecule has 0 bridgehead atoms. The maximum absolute atomic E-state index is 13.3. The van der Waals surface area contributed by atoms with Gasteiger partial charge < -0.3 is 0 Å². The van der Waals surface area contributed by atoms with Crippen molar-refractivity contribution >= 4 is 50.0 Å². The smallest absolute Gasteiger partial charge is 0.243 e. The molecule has 4 rings (SSSR count). The number of rotatable bonds is 5. The van der Waals surface area contributed by atoms with Gasteiger partial charge in [0.15, 0.2) is 5.13 Å². The number of fused-ring (bicyclic) bond motifs is 1. The van der Waals surface area contributed by atoms with E-state index in [4.69, 9.17) is 4.98 Å². The van der Waals surface area contributed by atoms with Crippen molar-refractivity contribution in [3.63, 3.8) is 0 Å². The minimum atomic E-state index is -0.285. The summed E-state index contributed by atoms with van der Waals surface area (Å²) in [5.74, 6) is -0.121. The van der Waals surface area contributed by atoms with Gasteiger partial charge in [-0.3, -0.25) is 9.69 Å². The average Bonchev–Trinajstić information content (AvgIpc) is 3.10. The zero-order valence-electron chi connectivity index (χ0n) is 16.1. The third-order valence-corrected chi connectivity index (χ3v) is 6.38. The molecule has 0 aliphatic heterocycles. The number of benzene rings is 3. The van der Waals surface area contributed by atoms with E-state index in [-0.39, 0.29) is 17.5 Å². The van der Waals surface area contributed by atoms with Gasteiger partial charge in [0, 0.05) is 4.90 Å². The van der Waals surface area contributed by atoms with Crippen molar-refractivity contribution in [2.45, 2.75) is 18.7 Å². The molecule has 0 spiro atoms. The molecule has 0 radical (unpaired) electrons. The number of carbonyl (C=O) groups excluding carboxylic acids is 1. The fourth-order valence-corrected chi connectivity index (χ4v) is 4.89. The number of amides is 1. The van der Waals surface area contributed by atoms with Gasteiger partial charge in [-0.1, -0.05) is 29.5 Å². The third kappa shape index (κ3) is 4.49. The molecule has 3 nitrogen and oxygen atoms in total. The van der Waals surface area contributed by atoms with E-state index in [1.807, 2.05) is 50.2 Å². The fourth-order valence-electron chi connectivity index (χ4n) is 3.14. The van der Waals surface area contributed by atoms with Gasteiger partial charge in [-0.25, -0.2) is 9.37 Å². The summed E-state index contributed by atoms with van der Waals surface area (Å²) in [5, 5.41) is 0.654. The van der Waals surface area contributed by atoms with Crippen LogP contribution in [-0.4, -0.2) is 16.6 Å². The molecule has 4 aromatic rings. The van der Waals surface area contributed by atoms with Gasteiger partial charge in [0.25, 0.3) is 0 Å². The Bertz CT molecular complexity index is 1120. The minimum Gasteiger partial charge on any atom is -0.273 e. The topological polar surface area (TPSA) is 33.2 Å². The summed E-state index contributed by atoms with van der Waals surface area (Å²) < 4.78 is 14.2. The first-order chi connectivity index (χ1) is 14.0. The molecular formula is C23H19FN2OS2. The quantitative estimate of drug-likeness (QED) is 0.344. The molecule has 146 valence electrons. The Morgan fingerprint density at radius 2 is 1.72 bits per heavy atom. The highest BCUT2D eigenvalue weighted by molar-refractivity contribution is 8.00. The average molecular weight is 423 g/mol. The van der Waals surface area contributed by atoms with Crippen molar-refractivity contribution < 1.29 is 9.18 Å². The van der Waals surface area contributed by atoms with Gasteiger partial charge in [-0.2, -0.15) is 0 Å². The van der Waals surface area contributed by atoms with E-state index in [1.165, 1.54) is 35.2 Å². The summed E-state index contributed by atoms with van der Waals surface area (Å²) in [6.45, 7) is 4.04. The Hall–Kier alpha value is -2.70. The number of nitrogens with zero attached hydrogens (tertiary/aromatic N) is 2. The monoisotopic (exact) mass is 422 g/mol. The number of anilines is 2. The lowest BCUT2D eigenvalue weighted by Crippen LogP contribution is -2.27. The van der Waals surface area contributed by atoms with Gasteiger partial charge in [0.1, 0.15) is 5.82 Å². The van der Waals surface area contributed by atoms with Crippen molar-refractivity contribution in [1.29, 1.82) is 0 Å². The van der Waals surface area contributed by atoms with Gasteiger partial charge in [0.2, 0.25) is 5.91 Å². The van der Waals surface area contributed by atoms with E-state index in [2.05, 4.69) is 6.07 Å². The normalized spacial score (nSPS) is 11.0. The number of aryl methyl sites for hydroxylation is 2. The van der Waals surface area contributed by atoms with Crippen molar-refractivity contribution in [3.05, 3.63) is 83.7 Å². The first-order valence-corrected chi connectivity index (χ1v) is 10.9. The lowest BCUT2D eigenvalue weighted by molar-refractivity contribution is -0.115. The second-order valence-electron chi connectivity index (χ2n) is 6.78. The minimum absolute atomic E-state index is 0.0663. The van der Waals surface area contributed by atoms with Gasteiger partial charge >= 0.3 is 0 Å². The molecule has 29 heavy (non-hydrogen) atoms. The zero-order chi connectivity index (χ0) is 20.4. The molecule has 0 N–H and O–H groups in total. The van der Waals surface area contributed by atoms with Crippen molar-refractivity contribution in [2.75, 3.05) is 10.7 Å². The summed E-state index contributed by atoms with van der Waals surface area (Å²) >= 11 is 2.89. The Morgan fingerprint density at radius 3 is 2.41 bits per heavy atom. The van der Waals surface area contributed by atoms with Crippen molar-refractivity contribution in [1.82, 2.24) is 4.98 Å². The lowest BCUT2D eigenvalue weighted by Gasteiger charge is -2.21. The maximum atomic E-state index is 13.3. The van der Waals surface area contributed by atoms with Crippen LogP contribution in [0.25, 0.3) is 10.2 Å². The Balaban J connectivity index is 1.68. The zero-order valence-corrected chi connectivity index (χ0v) is 17.7. The fraction of sp³-hybridized carbons (Fsp3) is 0.130. The SMILES string of the molecule is Cc1cc(C)cc(N(C(=O)CSc2ccc(F)cc2)c2nc3ccccc3s2)c1. The molecule has 0 saturated carbocycles. The highest BCUT2D eigenvalue weighted by atomic mass is 32.2.